The van der Waals surface area contributed by atoms with Gasteiger partial charge in [0.15, 0.2) is 0 Å². The summed E-state index contributed by atoms with van der Waals surface area (Å²) in [6.07, 6.45) is 0. The lowest BCUT2D eigenvalue weighted by Gasteiger charge is -1.93. The molecule has 0 bridgehead atoms. The van der Waals surface area contributed by atoms with Crippen LogP contribution in [0.15, 0.2) is 0 Å². The molecule has 0 aliphatic rings. The van der Waals surface area contributed by atoms with Crippen LogP contribution in [0, 0.1) is 0 Å². The molecule has 0 amide bonds. The molecule has 13 heavy (non-hydrogen) atoms. The fourth-order valence-corrected chi connectivity index (χ4v) is 1.93. The van der Waals surface area contributed by atoms with Gasteiger partial charge in [-0.25, -0.2) is 10.1 Å². The highest BCUT2D eigenvalue weighted by Gasteiger charge is 1.96. The molecule has 0 heterocycles. The Hall–Kier alpha value is 0.730. The fourth-order valence-electron chi connectivity index (χ4n) is 0.214. The molecule has 8 N–H and O–H groups in total. The SMILES string of the molecule is NCCSSCCN.NP(=O)(O)O. The summed E-state index contributed by atoms with van der Waals surface area (Å²) in [6.45, 7) is 1.53. The minimum Gasteiger partial charge on any atom is -0.330 e. The largest absolute Gasteiger partial charge is 0.397 e. The normalized spacial score (nSPS) is 10.5. The molecular weight excluding hydrogens is 233 g/mol. The van der Waals surface area contributed by atoms with Gasteiger partial charge in [-0.2, -0.15) is 0 Å². The maximum Gasteiger partial charge on any atom is 0.397 e. The summed E-state index contributed by atoms with van der Waals surface area (Å²) in [4.78, 5) is 14.8. The van der Waals surface area contributed by atoms with Gasteiger partial charge in [-0.15, -0.1) is 0 Å². The van der Waals surface area contributed by atoms with Crippen LogP contribution in [-0.4, -0.2) is 34.4 Å². The van der Waals surface area contributed by atoms with Crippen LogP contribution in [-0.2, 0) is 4.57 Å². The van der Waals surface area contributed by atoms with Gasteiger partial charge in [-0.3, -0.25) is 0 Å². The van der Waals surface area contributed by atoms with Crippen molar-refractivity contribution >= 4 is 29.3 Å². The lowest BCUT2D eigenvalue weighted by molar-refractivity contribution is 0.374. The summed E-state index contributed by atoms with van der Waals surface area (Å²) in [5.74, 6) is 2.06. The van der Waals surface area contributed by atoms with Crippen LogP contribution in [0.1, 0.15) is 0 Å². The van der Waals surface area contributed by atoms with Gasteiger partial charge in [0.05, 0.1) is 0 Å². The topological polar surface area (TPSA) is 136 Å². The Bertz CT molecular complexity index is 130. The summed E-state index contributed by atoms with van der Waals surface area (Å²) in [7, 11) is -0.560. The van der Waals surface area contributed by atoms with Crippen LogP contribution < -0.4 is 17.0 Å². The lowest BCUT2D eigenvalue weighted by atomic mass is 10.8. The van der Waals surface area contributed by atoms with Crippen LogP contribution in [0.2, 0.25) is 0 Å². The second kappa shape index (κ2) is 10.8. The average Bonchev–Trinajstić information content (AvgIpc) is 1.95. The molecule has 0 rings (SSSR count). The Balaban J connectivity index is 0. The molecule has 0 fully saturated rings. The highest BCUT2D eigenvalue weighted by molar-refractivity contribution is 8.76. The van der Waals surface area contributed by atoms with Gasteiger partial charge in [-0.1, -0.05) is 21.6 Å². The smallest absolute Gasteiger partial charge is 0.330 e. The number of nitrogens with two attached hydrogens (primary N) is 3. The second-order valence-corrected chi connectivity index (χ2v) is 5.69. The summed E-state index contributed by atoms with van der Waals surface area (Å²) < 4.78 is 9.10. The Labute approximate surface area is 85.6 Å². The lowest BCUT2D eigenvalue weighted by Crippen LogP contribution is -2.02. The van der Waals surface area contributed by atoms with Gasteiger partial charge in [0.1, 0.15) is 0 Å². The summed E-state index contributed by atoms with van der Waals surface area (Å²) in [5, 5.41) is 0. The molecule has 0 saturated heterocycles. The Morgan fingerprint density at radius 2 is 1.31 bits per heavy atom. The van der Waals surface area contributed by atoms with Crippen molar-refractivity contribution in [1.82, 2.24) is 0 Å². The predicted octanol–water partition coefficient (Wildman–Crippen LogP) is -0.677. The zero-order valence-electron chi connectivity index (χ0n) is 7.13. The van der Waals surface area contributed by atoms with Gasteiger partial charge >= 0.3 is 7.75 Å². The minimum atomic E-state index is -4.14. The maximum atomic E-state index is 9.10. The molecule has 0 radical (unpaired) electrons. The number of rotatable bonds is 5. The fraction of sp³-hybridized carbons (Fsp3) is 1.00. The standard InChI is InChI=1S/C4H12N2S2.H4NO3P/c5-1-3-7-8-4-2-6;1-5(2,3)4/h1-6H2;(H4,1,2,3,4). The van der Waals surface area contributed by atoms with E-state index in [0.717, 1.165) is 24.6 Å². The van der Waals surface area contributed by atoms with Crippen molar-refractivity contribution in [2.75, 3.05) is 24.6 Å². The van der Waals surface area contributed by atoms with E-state index >= 15 is 0 Å². The molecule has 9 heteroatoms. The van der Waals surface area contributed by atoms with Crippen LogP contribution in [0.25, 0.3) is 0 Å². The quantitative estimate of drug-likeness (QED) is 0.246. The van der Waals surface area contributed by atoms with Crippen molar-refractivity contribution in [3.05, 3.63) is 0 Å². The molecular formula is C4H16N3O3PS2. The maximum absolute atomic E-state index is 9.10. The first-order valence-electron chi connectivity index (χ1n) is 3.40. The van der Waals surface area contributed by atoms with Crippen LogP contribution in [0.4, 0.5) is 0 Å². The van der Waals surface area contributed by atoms with Crippen molar-refractivity contribution < 1.29 is 14.4 Å². The summed E-state index contributed by atoms with van der Waals surface area (Å²) >= 11 is 0. The van der Waals surface area contributed by atoms with Gasteiger partial charge in [-0.05, 0) is 0 Å². The zero-order chi connectivity index (χ0) is 10.7. The molecule has 0 saturated carbocycles. The first-order chi connectivity index (χ1) is 5.91. The van der Waals surface area contributed by atoms with E-state index in [1.54, 1.807) is 21.6 Å². The van der Waals surface area contributed by atoms with Crippen molar-refractivity contribution in [2.45, 2.75) is 0 Å². The molecule has 0 spiro atoms. The van der Waals surface area contributed by atoms with Gasteiger partial charge < -0.3 is 21.3 Å². The molecule has 0 aliphatic carbocycles. The minimum absolute atomic E-state index is 0.766. The highest BCUT2D eigenvalue weighted by Crippen LogP contribution is 2.20. The molecule has 6 nitrogen and oxygen atoms in total. The molecule has 82 valence electrons. The van der Waals surface area contributed by atoms with E-state index in [4.69, 9.17) is 25.8 Å². The summed E-state index contributed by atoms with van der Waals surface area (Å²) in [5.41, 5.74) is 14.5. The molecule has 0 aromatic rings. The Morgan fingerprint density at radius 3 is 1.46 bits per heavy atom. The first kappa shape index (κ1) is 16.2. The van der Waals surface area contributed by atoms with Crippen molar-refractivity contribution in [3.8, 4) is 0 Å². The third-order valence-electron chi connectivity index (χ3n) is 0.486. The van der Waals surface area contributed by atoms with Gasteiger partial charge in [0, 0.05) is 24.6 Å². The monoisotopic (exact) mass is 249 g/mol. The van der Waals surface area contributed by atoms with E-state index in [9.17, 15) is 0 Å². The van der Waals surface area contributed by atoms with Gasteiger partial charge in [0.2, 0.25) is 0 Å². The average molecular weight is 249 g/mol. The van der Waals surface area contributed by atoms with Gasteiger partial charge in [0.25, 0.3) is 0 Å². The Kier molecular flexibility index (Phi) is 13.4. The highest BCUT2D eigenvalue weighted by atomic mass is 33.1. The number of hydrogen-bond acceptors (Lipinski definition) is 5. The van der Waals surface area contributed by atoms with E-state index in [0.29, 0.717) is 0 Å². The van der Waals surface area contributed by atoms with E-state index < -0.39 is 7.75 Å². The zero-order valence-corrected chi connectivity index (χ0v) is 9.65. The molecule has 0 atom stereocenters. The summed E-state index contributed by atoms with van der Waals surface area (Å²) in [6, 6.07) is 0. The van der Waals surface area contributed by atoms with Crippen molar-refractivity contribution in [1.29, 1.82) is 0 Å². The van der Waals surface area contributed by atoms with Crippen molar-refractivity contribution in [2.24, 2.45) is 17.0 Å². The predicted molar refractivity (Wildman–Crippen MR) is 59.3 cm³/mol. The van der Waals surface area contributed by atoms with Crippen LogP contribution in [0.5, 0.6) is 0 Å². The molecule has 0 aliphatic heterocycles. The van der Waals surface area contributed by atoms with E-state index in [1.807, 2.05) is 0 Å². The number of hydrogen-bond donors (Lipinski definition) is 5. The third-order valence-corrected chi connectivity index (χ3v) is 2.96. The Morgan fingerprint density at radius 1 is 1.08 bits per heavy atom. The third kappa shape index (κ3) is 44.6. The van der Waals surface area contributed by atoms with Crippen LogP contribution in [0.3, 0.4) is 0 Å². The molecule has 0 aromatic carbocycles. The van der Waals surface area contributed by atoms with E-state index in [1.165, 1.54) is 0 Å². The van der Waals surface area contributed by atoms with E-state index in [-0.39, 0.29) is 0 Å². The molecule has 0 aromatic heterocycles. The van der Waals surface area contributed by atoms with Crippen LogP contribution >= 0.6 is 29.3 Å². The molecule has 0 unspecified atom stereocenters. The second-order valence-electron chi connectivity index (χ2n) is 1.81. The first-order valence-corrected chi connectivity index (χ1v) is 7.57. The van der Waals surface area contributed by atoms with E-state index in [2.05, 4.69) is 5.50 Å². The van der Waals surface area contributed by atoms with Crippen molar-refractivity contribution in [3.63, 3.8) is 0 Å².